The molecule has 1 aliphatic heterocycles. The number of hydrogen-bond acceptors (Lipinski definition) is 7. The normalized spacial score (nSPS) is 29.1. The first-order valence-corrected chi connectivity index (χ1v) is 16.2. The van der Waals surface area contributed by atoms with Crippen LogP contribution in [0.15, 0.2) is 59.3 Å². The summed E-state index contributed by atoms with van der Waals surface area (Å²) in [6.45, 7) is 0.612. The molecule has 238 valence electrons. The van der Waals surface area contributed by atoms with Crippen LogP contribution in [0.4, 0.5) is 13.2 Å². The quantitative estimate of drug-likeness (QED) is 0.428. The summed E-state index contributed by atoms with van der Waals surface area (Å²) in [6.07, 6.45) is 0.961. The van der Waals surface area contributed by atoms with Gasteiger partial charge in [0.25, 0.3) is 0 Å². The molecule has 2 unspecified atom stereocenters. The summed E-state index contributed by atoms with van der Waals surface area (Å²) in [4.78, 5) is 18.5. The van der Waals surface area contributed by atoms with E-state index in [1.807, 2.05) is 42.5 Å². The van der Waals surface area contributed by atoms with Crippen LogP contribution in [-0.4, -0.2) is 92.9 Å². The van der Waals surface area contributed by atoms with Crippen molar-refractivity contribution in [2.45, 2.75) is 68.9 Å². The fourth-order valence-corrected chi connectivity index (χ4v) is 7.33. The van der Waals surface area contributed by atoms with Crippen LogP contribution < -0.4 is 10.6 Å². The second kappa shape index (κ2) is 14.4. The van der Waals surface area contributed by atoms with Crippen LogP contribution in [0.25, 0.3) is 0 Å². The summed E-state index contributed by atoms with van der Waals surface area (Å²) in [7, 11) is -1.64. The predicted octanol–water partition coefficient (Wildman–Crippen LogP) is 2.98. The van der Waals surface area contributed by atoms with Gasteiger partial charge in [-0.05, 0) is 43.5 Å². The van der Waals surface area contributed by atoms with Crippen molar-refractivity contribution in [3.63, 3.8) is 0 Å². The zero-order valence-electron chi connectivity index (χ0n) is 24.5. The maximum Gasteiger partial charge on any atom is 0.390 e. The van der Waals surface area contributed by atoms with Gasteiger partial charge in [0.05, 0.1) is 38.0 Å². The van der Waals surface area contributed by atoms with E-state index in [1.54, 1.807) is 7.11 Å². The molecule has 4 rings (SSSR count). The van der Waals surface area contributed by atoms with Gasteiger partial charge in [-0.3, -0.25) is 9.79 Å². The molecule has 1 fully saturated rings. The maximum atomic E-state index is 13.6. The maximum absolute atomic E-state index is 13.6. The van der Waals surface area contributed by atoms with Gasteiger partial charge in [0.2, 0.25) is 15.9 Å². The summed E-state index contributed by atoms with van der Waals surface area (Å²) >= 11 is 0. The Morgan fingerprint density at radius 1 is 1.19 bits per heavy atom. The number of alkyl halides is 3. The topological polar surface area (TPSA) is 120 Å². The molecule has 1 amide bonds. The zero-order valence-corrected chi connectivity index (χ0v) is 25.3. The summed E-state index contributed by atoms with van der Waals surface area (Å²) in [6, 6.07) is 7.27. The first-order chi connectivity index (χ1) is 20.4. The second-order valence-electron chi connectivity index (χ2n) is 11.4. The monoisotopic (exact) mass is 626 g/mol. The number of nitrogens with one attached hydrogen (secondary N) is 2. The number of ether oxygens (including phenoxy) is 1. The minimum Gasteiger partial charge on any atom is -0.497 e. The lowest BCUT2D eigenvalue weighted by Gasteiger charge is -2.31. The first kappa shape index (κ1) is 33.2. The van der Waals surface area contributed by atoms with Crippen molar-refractivity contribution >= 4 is 21.6 Å². The molecule has 6 atom stereocenters. The van der Waals surface area contributed by atoms with Crippen LogP contribution >= 0.6 is 0 Å². The number of aliphatic hydroxyl groups is 1. The van der Waals surface area contributed by atoms with Gasteiger partial charge in [0.15, 0.2) is 0 Å². The van der Waals surface area contributed by atoms with Gasteiger partial charge < -0.3 is 20.5 Å². The van der Waals surface area contributed by atoms with E-state index in [0.717, 1.165) is 28.4 Å². The number of aliphatic imine (C=N–C) groups is 1. The number of hydrogen-bond donors (Lipinski definition) is 3. The number of allylic oxidation sites excluding steroid dienone is 2. The highest BCUT2D eigenvalue weighted by atomic mass is 32.2. The van der Waals surface area contributed by atoms with Crippen LogP contribution in [0, 0.1) is 11.8 Å². The van der Waals surface area contributed by atoms with E-state index in [9.17, 15) is 31.5 Å². The van der Waals surface area contributed by atoms with Gasteiger partial charge in [0, 0.05) is 37.1 Å². The van der Waals surface area contributed by atoms with E-state index in [0.29, 0.717) is 25.8 Å². The lowest BCUT2D eigenvalue weighted by molar-refractivity contribution is -0.130. The number of carbonyl (C=O) groups excluding carboxylic acids is 1. The number of nitrogens with zero attached hydrogens (tertiary/aromatic N) is 2. The van der Waals surface area contributed by atoms with E-state index in [2.05, 4.69) is 16.7 Å². The van der Waals surface area contributed by atoms with Crippen molar-refractivity contribution in [2.24, 2.45) is 16.8 Å². The van der Waals surface area contributed by atoms with E-state index in [1.165, 1.54) is 0 Å². The Balaban J connectivity index is 1.61. The molecule has 3 N–H and O–H groups in total. The molecular formula is C30H41F3N4O5S. The number of halogens is 3. The van der Waals surface area contributed by atoms with Crippen molar-refractivity contribution in [1.82, 2.24) is 14.9 Å². The van der Waals surface area contributed by atoms with Crippen LogP contribution in [0.5, 0.6) is 0 Å². The van der Waals surface area contributed by atoms with Crippen molar-refractivity contribution < 1.29 is 36.2 Å². The average Bonchev–Trinajstić information content (AvgIpc) is 3.32. The van der Waals surface area contributed by atoms with Crippen molar-refractivity contribution in [3.8, 4) is 0 Å². The molecule has 43 heavy (non-hydrogen) atoms. The third-order valence-corrected chi connectivity index (χ3v) is 10.3. The summed E-state index contributed by atoms with van der Waals surface area (Å²) in [5.74, 6) is -0.901. The number of methoxy groups -OCH3 is 1. The van der Waals surface area contributed by atoms with E-state index in [4.69, 9.17) is 9.73 Å². The highest BCUT2D eigenvalue weighted by Crippen LogP contribution is 2.36. The summed E-state index contributed by atoms with van der Waals surface area (Å²) in [5, 5.41) is 17.7. The number of fused-ring (bicyclic) bond motifs is 5. The third-order valence-electron chi connectivity index (χ3n) is 8.46. The minimum absolute atomic E-state index is 0.00725. The van der Waals surface area contributed by atoms with Gasteiger partial charge in [-0.2, -0.15) is 17.5 Å². The Morgan fingerprint density at radius 3 is 2.63 bits per heavy atom. The number of rotatable bonds is 7. The predicted molar refractivity (Wildman–Crippen MR) is 158 cm³/mol. The number of likely N-dealkylation sites (N-methyl/N-ethyl adjacent to an activating group) is 1. The van der Waals surface area contributed by atoms with Gasteiger partial charge in [-0.1, -0.05) is 42.8 Å². The van der Waals surface area contributed by atoms with E-state index >= 15 is 0 Å². The number of benzene rings is 1. The standard InChI is InChI=1S/C30H41F3N4O5S/c1-37(43(40,41)15-13-30(31,32)33)27-10-6-7-14-34-24-18-25(23-17-21(42-2)11-12-22(23)24)35-19-28(38)26(36-29(27)39)16-20-8-4-3-5-9-20/h3-5,8-9,11-12,17,22-24,26-28,34,38H,6-7,10,13-16,18-19H2,1-2H3,(H,36,39)/t22?,23?,24-,26-,27-,28+/m0/s1. The Morgan fingerprint density at radius 2 is 1.93 bits per heavy atom. The van der Waals surface area contributed by atoms with Crippen molar-refractivity contribution in [1.29, 1.82) is 0 Å². The lowest BCUT2D eigenvalue weighted by atomic mass is 9.88. The molecule has 2 bridgehead atoms. The Bertz CT molecular complexity index is 1300. The zero-order chi connectivity index (χ0) is 31.2. The van der Waals surface area contributed by atoms with Crippen molar-refractivity contribution in [3.05, 3.63) is 59.9 Å². The Kier molecular flexibility index (Phi) is 11.1. The van der Waals surface area contributed by atoms with Crippen LogP contribution in [0.3, 0.4) is 0 Å². The molecule has 0 saturated heterocycles. The fourth-order valence-electron chi connectivity index (χ4n) is 5.96. The van der Waals surface area contributed by atoms with E-state index < -0.39 is 52.5 Å². The molecule has 1 heterocycles. The Hall–Kier alpha value is -2.74. The number of amides is 1. The largest absolute Gasteiger partial charge is 0.497 e. The van der Waals surface area contributed by atoms with Crippen molar-refractivity contribution in [2.75, 3.05) is 33.0 Å². The molecule has 2 aliphatic carbocycles. The lowest BCUT2D eigenvalue weighted by Crippen LogP contribution is -2.54. The first-order valence-electron chi connectivity index (χ1n) is 14.6. The third kappa shape index (κ3) is 8.90. The molecule has 13 heteroatoms. The molecule has 1 aromatic carbocycles. The molecule has 9 nitrogen and oxygen atoms in total. The van der Waals surface area contributed by atoms with Gasteiger partial charge >= 0.3 is 6.18 Å². The van der Waals surface area contributed by atoms with Crippen LogP contribution in [0.2, 0.25) is 0 Å². The second-order valence-corrected chi connectivity index (χ2v) is 13.6. The number of aliphatic hydroxyl groups excluding tert-OH is 1. The highest BCUT2D eigenvalue weighted by molar-refractivity contribution is 7.89. The summed E-state index contributed by atoms with van der Waals surface area (Å²) in [5.41, 5.74) is 1.77. The Labute approximate surface area is 251 Å². The molecule has 0 radical (unpaired) electrons. The molecule has 1 saturated carbocycles. The molecule has 0 spiro atoms. The van der Waals surface area contributed by atoms with Crippen LogP contribution in [-0.2, 0) is 26.0 Å². The molecule has 3 aliphatic rings. The summed E-state index contributed by atoms with van der Waals surface area (Å²) < 4.78 is 70.6. The molecular weight excluding hydrogens is 585 g/mol. The minimum atomic E-state index is -4.65. The molecule has 0 aromatic heterocycles. The average molecular weight is 627 g/mol. The number of carbonyl (C=O) groups is 1. The van der Waals surface area contributed by atoms with Gasteiger partial charge in [-0.25, -0.2) is 8.42 Å². The van der Waals surface area contributed by atoms with E-state index in [-0.39, 0.29) is 37.3 Å². The molecule has 1 aromatic rings. The highest BCUT2D eigenvalue weighted by Gasteiger charge is 2.41. The van der Waals surface area contributed by atoms with Gasteiger partial charge in [0.1, 0.15) is 11.8 Å². The SMILES string of the molecule is COC1=CC2C3=NC[C@@H](O)[C@H](Cc4ccccc4)NC(=O)[C@@H](N(C)S(=O)(=O)CCC(F)(F)F)CCCCN[C@@H](C3)C2C=C1. The smallest absolute Gasteiger partial charge is 0.390 e. The van der Waals surface area contributed by atoms with Crippen LogP contribution in [0.1, 0.15) is 37.7 Å². The van der Waals surface area contributed by atoms with Gasteiger partial charge in [-0.15, -0.1) is 0 Å². The fraction of sp³-hybridized carbons (Fsp3) is 0.600. The number of sulfonamides is 1.